The van der Waals surface area contributed by atoms with Gasteiger partial charge in [0.15, 0.2) is 5.78 Å². The number of carbonyl (C=O) groups is 1. The van der Waals surface area contributed by atoms with Crippen molar-refractivity contribution in [3.63, 3.8) is 0 Å². The fourth-order valence-corrected chi connectivity index (χ4v) is 0.894. The van der Waals surface area contributed by atoms with E-state index in [0.29, 0.717) is 6.42 Å². The number of Topliss-reactive ketones (excluding diaryl/α,β-unsaturated/α-hetero) is 1. The summed E-state index contributed by atoms with van der Waals surface area (Å²) in [5.41, 5.74) is 10.8. The first-order valence-corrected chi connectivity index (χ1v) is 2.75. The molecule has 0 bridgehead atoms. The molecule has 0 aromatic heterocycles. The topological polar surface area (TPSA) is 69.1 Å². The standard InChI is InChI=1S/C5H10N2O/c6-3-1-2-4(8)5(3)7/h3,5H,1-2,6-7H2. The maximum Gasteiger partial charge on any atom is 0.151 e. The molecule has 1 fully saturated rings. The molecule has 3 nitrogen and oxygen atoms in total. The molecule has 1 rings (SSSR count). The molecule has 0 aliphatic heterocycles. The Morgan fingerprint density at radius 2 is 2.12 bits per heavy atom. The summed E-state index contributed by atoms with van der Waals surface area (Å²) in [7, 11) is 0. The maximum absolute atomic E-state index is 10.6. The number of hydrogen-bond donors (Lipinski definition) is 2. The molecule has 0 amide bonds. The zero-order chi connectivity index (χ0) is 6.15. The van der Waals surface area contributed by atoms with Gasteiger partial charge in [0, 0.05) is 12.5 Å². The van der Waals surface area contributed by atoms with Crippen molar-refractivity contribution < 1.29 is 4.79 Å². The van der Waals surface area contributed by atoms with Crippen LogP contribution in [0.15, 0.2) is 0 Å². The van der Waals surface area contributed by atoms with Gasteiger partial charge in [0.2, 0.25) is 0 Å². The summed E-state index contributed by atoms with van der Waals surface area (Å²) in [5, 5.41) is 0. The molecule has 1 aliphatic carbocycles. The van der Waals surface area contributed by atoms with Crippen LogP contribution in [-0.4, -0.2) is 17.9 Å². The minimum absolute atomic E-state index is 0.0810. The van der Waals surface area contributed by atoms with Gasteiger partial charge in [-0.2, -0.15) is 0 Å². The van der Waals surface area contributed by atoms with Crippen molar-refractivity contribution in [3.8, 4) is 0 Å². The second-order valence-corrected chi connectivity index (χ2v) is 2.19. The first-order valence-electron chi connectivity index (χ1n) is 2.75. The van der Waals surface area contributed by atoms with Crippen molar-refractivity contribution in [1.82, 2.24) is 0 Å². The molecule has 2 unspecified atom stereocenters. The predicted octanol–water partition coefficient (Wildman–Crippen LogP) is -0.996. The highest BCUT2D eigenvalue weighted by Crippen LogP contribution is 2.10. The third kappa shape index (κ3) is 0.743. The minimum Gasteiger partial charge on any atom is -0.326 e. The van der Waals surface area contributed by atoms with Gasteiger partial charge in [0.05, 0.1) is 6.04 Å². The van der Waals surface area contributed by atoms with Crippen LogP contribution in [0.2, 0.25) is 0 Å². The Bertz CT molecular complexity index is 113. The lowest BCUT2D eigenvalue weighted by Gasteiger charge is -2.04. The fourth-order valence-electron chi connectivity index (χ4n) is 0.894. The van der Waals surface area contributed by atoms with Crippen molar-refractivity contribution in [3.05, 3.63) is 0 Å². The number of hydrogen-bond acceptors (Lipinski definition) is 3. The Morgan fingerprint density at radius 3 is 2.25 bits per heavy atom. The van der Waals surface area contributed by atoms with Crippen molar-refractivity contribution in [2.75, 3.05) is 0 Å². The molecule has 1 saturated carbocycles. The SMILES string of the molecule is NC1CCC(=O)C1N. The average molecular weight is 114 g/mol. The van der Waals surface area contributed by atoms with Gasteiger partial charge in [-0.05, 0) is 6.42 Å². The lowest BCUT2D eigenvalue weighted by Crippen LogP contribution is -2.40. The zero-order valence-corrected chi connectivity index (χ0v) is 4.63. The van der Waals surface area contributed by atoms with Crippen LogP contribution in [0, 0.1) is 0 Å². The molecule has 0 aromatic rings. The van der Waals surface area contributed by atoms with E-state index in [1.165, 1.54) is 0 Å². The molecule has 0 heterocycles. The van der Waals surface area contributed by atoms with Crippen LogP contribution >= 0.6 is 0 Å². The fraction of sp³-hybridized carbons (Fsp3) is 0.800. The highest BCUT2D eigenvalue weighted by Gasteiger charge is 2.27. The molecule has 2 atom stereocenters. The smallest absolute Gasteiger partial charge is 0.151 e. The van der Waals surface area contributed by atoms with Crippen LogP contribution in [0.5, 0.6) is 0 Å². The predicted molar refractivity (Wildman–Crippen MR) is 30.2 cm³/mol. The lowest BCUT2D eigenvalue weighted by atomic mass is 10.2. The van der Waals surface area contributed by atoms with E-state index < -0.39 is 0 Å². The Hall–Kier alpha value is -0.410. The van der Waals surface area contributed by atoms with Crippen LogP contribution in [0.25, 0.3) is 0 Å². The monoisotopic (exact) mass is 114 g/mol. The molecule has 0 radical (unpaired) electrons. The van der Waals surface area contributed by atoms with E-state index in [2.05, 4.69) is 0 Å². The third-order valence-electron chi connectivity index (χ3n) is 1.56. The second kappa shape index (κ2) is 1.84. The Balaban J connectivity index is 2.56. The van der Waals surface area contributed by atoms with Crippen LogP contribution in [-0.2, 0) is 4.79 Å². The van der Waals surface area contributed by atoms with Gasteiger partial charge in [-0.1, -0.05) is 0 Å². The normalized spacial score (nSPS) is 38.5. The number of ketones is 1. The van der Waals surface area contributed by atoms with Crippen LogP contribution in [0.3, 0.4) is 0 Å². The Labute approximate surface area is 48.0 Å². The van der Waals surface area contributed by atoms with E-state index in [4.69, 9.17) is 11.5 Å². The van der Waals surface area contributed by atoms with E-state index in [9.17, 15) is 4.79 Å². The second-order valence-electron chi connectivity index (χ2n) is 2.19. The summed E-state index contributed by atoms with van der Waals surface area (Å²) >= 11 is 0. The summed E-state index contributed by atoms with van der Waals surface area (Å²) in [5.74, 6) is 0.109. The molecule has 46 valence electrons. The van der Waals surface area contributed by atoms with Crippen LogP contribution in [0.1, 0.15) is 12.8 Å². The van der Waals surface area contributed by atoms with Gasteiger partial charge >= 0.3 is 0 Å². The molecule has 0 saturated heterocycles. The molecular weight excluding hydrogens is 104 g/mol. The first-order chi connectivity index (χ1) is 3.72. The van der Waals surface area contributed by atoms with Crippen LogP contribution < -0.4 is 11.5 Å². The zero-order valence-electron chi connectivity index (χ0n) is 4.63. The molecule has 4 N–H and O–H groups in total. The highest BCUT2D eigenvalue weighted by atomic mass is 16.1. The van der Waals surface area contributed by atoms with E-state index in [1.807, 2.05) is 0 Å². The summed E-state index contributed by atoms with van der Waals surface area (Å²) < 4.78 is 0. The van der Waals surface area contributed by atoms with Gasteiger partial charge in [-0.25, -0.2) is 0 Å². The largest absolute Gasteiger partial charge is 0.326 e. The Morgan fingerprint density at radius 1 is 1.50 bits per heavy atom. The number of rotatable bonds is 0. The molecule has 0 spiro atoms. The van der Waals surface area contributed by atoms with E-state index in [-0.39, 0.29) is 17.9 Å². The van der Waals surface area contributed by atoms with Crippen molar-refractivity contribution >= 4 is 5.78 Å². The van der Waals surface area contributed by atoms with E-state index in [0.717, 1.165) is 6.42 Å². The molecule has 8 heavy (non-hydrogen) atoms. The van der Waals surface area contributed by atoms with Crippen molar-refractivity contribution in [2.45, 2.75) is 24.9 Å². The van der Waals surface area contributed by atoms with E-state index in [1.54, 1.807) is 0 Å². The van der Waals surface area contributed by atoms with Gasteiger partial charge in [-0.15, -0.1) is 0 Å². The molecule has 0 aromatic carbocycles. The average Bonchev–Trinajstić information content (AvgIpc) is 1.98. The van der Waals surface area contributed by atoms with Gasteiger partial charge < -0.3 is 11.5 Å². The lowest BCUT2D eigenvalue weighted by molar-refractivity contribution is -0.118. The third-order valence-corrected chi connectivity index (χ3v) is 1.56. The maximum atomic E-state index is 10.6. The van der Waals surface area contributed by atoms with E-state index >= 15 is 0 Å². The molecule has 3 heteroatoms. The molecular formula is C5H10N2O. The van der Waals surface area contributed by atoms with Crippen molar-refractivity contribution in [1.29, 1.82) is 0 Å². The van der Waals surface area contributed by atoms with Crippen molar-refractivity contribution in [2.24, 2.45) is 11.5 Å². The minimum atomic E-state index is -0.380. The molecule has 1 aliphatic rings. The summed E-state index contributed by atoms with van der Waals surface area (Å²) in [6, 6.07) is -0.461. The van der Waals surface area contributed by atoms with Gasteiger partial charge in [-0.3, -0.25) is 4.79 Å². The van der Waals surface area contributed by atoms with Gasteiger partial charge in [0.25, 0.3) is 0 Å². The quantitative estimate of drug-likeness (QED) is 0.424. The number of nitrogens with two attached hydrogens (primary N) is 2. The summed E-state index contributed by atoms with van der Waals surface area (Å²) in [4.78, 5) is 10.6. The summed E-state index contributed by atoms with van der Waals surface area (Å²) in [6.07, 6.45) is 1.34. The first kappa shape index (κ1) is 5.72. The Kier molecular flexibility index (Phi) is 1.31. The van der Waals surface area contributed by atoms with Gasteiger partial charge in [0.1, 0.15) is 0 Å². The van der Waals surface area contributed by atoms with Crippen LogP contribution in [0.4, 0.5) is 0 Å². The summed E-state index contributed by atoms with van der Waals surface area (Å²) in [6.45, 7) is 0. The number of carbonyl (C=O) groups excluding carboxylic acids is 1. The highest BCUT2D eigenvalue weighted by molar-refractivity contribution is 5.86.